The molecule has 60 valence electrons. The number of hydrogen-bond acceptors (Lipinski definition) is 3. The van der Waals surface area contributed by atoms with Gasteiger partial charge in [0.05, 0.1) is 15.5 Å². The zero-order valence-corrected chi connectivity index (χ0v) is 8.41. The normalized spacial score (nSPS) is 24.3. The third-order valence-corrected chi connectivity index (χ3v) is 3.74. The molecule has 1 aliphatic rings. The fraction of sp³-hybridized carbons (Fsp3) is 0.571. The summed E-state index contributed by atoms with van der Waals surface area (Å²) in [6, 6.07) is 0.553. The van der Waals surface area contributed by atoms with E-state index in [-0.39, 0.29) is 0 Å². The summed E-state index contributed by atoms with van der Waals surface area (Å²) in [7, 11) is 0. The number of rotatable bonds is 1. The SMILES string of the molecule is Brc1cnsc1C1CCCN1. The van der Waals surface area contributed by atoms with Gasteiger partial charge in [0.1, 0.15) is 0 Å². The van der Waals surface area contributed by atoms with Gasteiger partial charge in [0.2, 0.25) is 0 Å². The van der Waals surface area contributed by atoms with Crippen molar-refractivity contribution in [2.45, 2.75) is 18.9 Å². The van der Waals surface area contributed by atoms with Crippen molar-refractivity contribution in [2.24, 2.45) is 0 Å². The van der Waals surface area contributed by atoms with Crippen LogP contribution in [0.2, 0.25) is 0 Å². The summed E-state index contributed by atoms with van der Waals surface area (Å²) in [5.41, 5.74) is 0. The van der Waals surface area contributed by atoms with Gasteiger partial charge in [-0.15, -0.1) is 0 Å². The lowest BCUT2D eigenvalue weighted by Gasteiger charge is -2.05. The van der Waals surface area contributed by atoms with Gasteiger partial charge in [-0.25, -0.2) is 0 Å². The number of nitrogens with zero attached hydrogens (tertiary/aromatic N) is 1. The molecule has 0 aromatic carbocycles. The number of nitrogens with one attached hydrogen (secondary N) is 1. The molecule has 2 heterocycles. The van der Waals surface area contributed by atoms with Crippen molar-refractivity contribution >= 4 is 27.5 Å². The average molecular weight is 233 g/mol. The van der Waals surface area contributed by atoms with E-state index in [1.807, 2.05) is 6.20 Å². The minimum absolute atomic E-state index is 0.553. The molecule has 1 aromatic heterocycles. The van der Waals surface area contributed by atoms with Crippen LogP contribution in [0.3, 0.4) is 0 Å². The van der Waals surface area contributed by atoms with Gasteiger partial charge in [0.15, 0.2) is 0 Å². The monoisotopic (exact) mass is 232 g/mol. The van der Waals surface area contributed by atoms with Gasteiger partial charge >= 0.3 is 0 Å². The number of hydrogen-bond donors (Lipinski definition) is 1. The molecule has 0 radical (unpaired) electrons. The highest BCUT2D eigenvalue weighted by Gasteiger charge is 2.19. The van der Waals surface area contributed by atoms with Gasteiger partial charge in [-0.05, 0) is 46.8 Å². The van der Waals surface area contributed by atoms with Crippen LogP contribution in [-0.2, 0) is 0 Å². The van der Waals surface area contributed by atoms with Crippen LogP contribution in [0.1, 0.15) is 23.8 Å². The molecule has 2 nitrogen and oxygen atoms in total. The van der Waals surface area contributed by atoms with E-state index in [2.05, 4.69) is 25.6 Å². The number of aromatic nitrogens is 1. The molecule has 1 atom stereocenters. The minimum Gasteiger partial charge on any atom is -0.309 e. The molecule has 1 aliphatic heterocycles. The molecule has 1 fully saturated rings. The Balaban J connectivity index is 2.21. The van der Waals surface area contributed by atoms with E-state index in [0.717, 1.165) is 11.0 Å². The molecular weight excluding hydrogens is 224 g/mol. The average Bonchev–Trinajstić information content (AvgIpc) is 2.55. The molecule has 0 aliphatic carbocycles. The van der Waals surface area contributed by atoms with E-state index in [9.17, 15) is 0 Å². The Bertz CT molecular complexity index is 242. The lowest BCUT2D eigenvalue weighted by atomic mass is 10.2. The molecule has 2 rings (SSSR count). The van der Waals surface area contributed by atoms with Gasteiger partial charge in [-0.2, -0.15) is 4.37 Å². The van der Waals surface area contributed by atoms with E-state index in [0.29, 0.717) is 6.04 Å². The van der Waals surface area contributed by atoms with Crippen LogP contribution < -0.4 is 5.32 Å². The first kappa shape index (κ1) is 7.71. The summed E-state index contributed by atoms with van der Waals surface area (Å²) in [6.45, 7) is 1.15. The highest BCUT2D eigenvalue weighted by Crippen LogP contribution is 2.31. The Kier molecular flexibility index (Phi) is 2.25. The highest BCUT2D eigenvalue weighted by molar-refractivity contribution is 9.10. The van der Waals surface area contributed by atoms with E-state index in [4.69, 9.17) is 0 Å². The topological polar surface area (TPSA) is 24.9 Å². The van der Waals surface area contributed by atoms with Crippen molar-refractivity contribution in [1.29, 1.82) is 0 Å². The molecule has 11 heavy (non-hydrogen) atoms. The molecule has 4 heteroatoms. The fourth-order valence-corrected chi connectivity index (χ4v) is 2.85. The van der Waals surface area contributed by atoms with Crippen LogP contribution in [0.25, 0.3) is 0 Å². The quantitative estimate of drug-likeness (QED) is 0.805. The highest BCUT2D eigenvalue weighted by atomic mass is 79.9. The Hall–Kier alpha value is 0.0700. The molecule has 1 aromatic rings. The predicted molar refractivity (Wildman–Crippen MR) is 49.8 cm³/mol. The van der Waals surface area contributed by atoms with E-state index in [1.54, 1.807) is 11.5 Å². The second-order valence-electron chi connectivity index (χ2n) is 2.69. The van der Waals surface area contributed by atoms with E-state index in [1.165, 1.54) is 17.7 Å². The smallest absolute Gasteiger partial charge is 0.0564 e. The maximum Gasteiger partial charge on any atom is 0.0564 e. The van der Waals surface area contributed by atoms with Crippen LogP contribution in [-0.4, -0.2) is 10.9 Å². The minimum atomic E-state index is 0.553. The largest absolute Gasteiger partial charge is 0.309 e. The molecule has 0 spiro atoms. The maximum atomic E-state index is 4.12. The zero-order valence-electron chi connectivity index (χ0n) is 6.01. The second-order valence-corrected chi connectivity index (χ2v) is 4.37. The summed E-state index contributed by atoms with van der Waals surface area (Å²) >= 11 is 5.07. The third kappa shape index (κ3) is 1.48. The van der Waals surface area contributed by atoms with E-state index >= 15 is 0 Å². The first-order valence-electron chi connectivity index (χ1n) is 3.71. The Morgan fingerprint density at radius 3 is 3.18 bits per heavy atom. The summed E-state index contributed by atoms with van der Waals surface area (Å²) < 4.78 is 5.28. The molecule has 1 N–H and O–H groups in total. The fourth-order valence-electron chi connectivity index (χ4n) is 1.38. The summed E-state index contributed by atoms with van der Waals surface area (Å²) in [6.07, 6.45) is 4.41. The molecule has 1 unspecified atom stereocenters. The van der Waals surface area contributed by atoms with Gasteiger partial charge in [-0.1, -0.05) is 0 Å². The molecule has 0 saturated carbocycles. The van der Waals surface area contributed by atoms with Gasteiger partial charge in [0.25, 0.3) is 0 Å². The van der Waals surface area contributed by atoms with Crippen LogP contribution in [0.5, 0.6) is 0 Å². The standard InChI is InChI=1S/C7H9BrN2S/c8-5-4-10-11-7(5)6-2-1-3-9-6/h4,6,9H,1-3H2. The van der Waals surface area contributed by atoms with Crippen LogP contribution in [0.15, 0.2) is 10.7 Å². The lowest BCUT2D eigenvalue weighted by Crippen LogP contribution is -2.11. The van der Waals surface area contributed by atoms with E-state index < -0.39 is 0 Å². The molecular formula is C7H9BrN2S. The summed E-state index contributed by atoms with van der Waals surface area (Å²) in [5.74, 6) is 0. The Morgan fingerprint density at radius 2 is 2.64 bits per heavy atom. The zero-order chi connectivity index (χ0) is 7.68. The second kappa shape index (κ2) is 3.21. The van der Waals surface area contributed by atoms with Gasteiger partial charge < -0.3 is 5.32 Å². The first-order valence-corrected chi connectivity index (χ1v) is 5.28. The van der Waals surface area contributed by atoms with Crippen molar-refractivity contribution < 1.29 is 0 Å². The maximum absolute atomic E-state index is 4.12. The Morgan fingerprint density at radius 1 is 1.73 bits per heavy atom. The summed E-state index contributed by atoms with van der Waals surface area (Å²) in [5, 5.41) is 3.44. The van der Waals surface area contributed by atoms with Crippen molar-refractivity contribution in [1.82, 2.24) is 9.69 Å². The summed E-state index contributed by atoms with van der Waals surface area (Å²) in [4.78, 5) is 1.35. The van der Waals surface area contributed by atoms with Crippen molar-refractivity contribution in [3.8, 4) is 0 Å². The number of halogens is 1. The molecule has 0 bridgehead atoms. The molecule has 0 amide bonds. The van der Waals surface area contributed by atoms with Gasteiger partial charge in [-0.3, -0.25) is 0 Å². The van der Waals surface area contributed by atoms with Crippen molar-refractivity contribution in [2.75, 3.05) is 6.54 Å². The van der Waals surface area contributed by atoms with Gasteiger partial charge in [0, 0.05) is 6.04 Å². The third-order valence-electron chi connectivity index (χ3n) is 1.93. The van der Waals surface area contributed by atoms with Crippen LogP contribution in [0.4, 0.5) is 0 Å². The lowest BCUT2D eigenvalue weighted by molar-refractivity contribution is 0.657. The van der Waals surface area contributed by atoms with Crippen LogP contribution >= 0.6 is 27.5 Å². The first-order chi connectivity index (χ1) is 5.38. The van der Waals surface area contributed by atoms with Crippen molar-refractivity contribution in [3.63, 3.8) is 0 Å². The van der Waals surface area contributed by atoms with Crippen LogP contribution in [0, 0.1) is 0 Å². The van der Waals surface area contributed by atoms with Crippen molar-refractivity contribution in [3.05, 3.63) is 15.5 Å². The Labute approximate surface area is 78.3 Å². The predicted octanol–water partition coefficient (Wildman–Crippen LogP) is 2.33. The molecule has 1 saturated heterocycles.